The zero-order chi connectivity index (χ0) is 16.9. The Morgan fingerprint density at radius 2 is 1.83 bits per heavy atom. The van der Waals surface area contributed by atoms with Crippen LogP contribution in [0.15, 0.2) is 54.6 Å². The molecule has 0 saturated carbocycles. The second-order valence-corrected chi connectivity index (χ2v) is 7.67. The molecule has 2 rings (SSSR count). The van der Waals surface area contributed by atoms with Crippen molar-refractivity contribution < 1.29 is 13.9 Å². The van der Waals surface area contributed by atoms with Crippen LogP contribution < -0.4 is 5.30 Å². The number of carbonyl (C=O) groups is 1. The number of nitrogens with zero attached hydrogens (tertiary/aromatic N) is 1. The summed E-state index contributed by atoms with van der Waals surface area (Å²) in [6, 6.07) is 16.4. The zero-order valence-corrected chi connectivity index (χ0v) is 14.1. The predicted octanol–water partition coefficient (Wildman–Crippen LogP) is 4.05. The molecule has 0 amide bonds. The van der Waals surface area contributed by atoms with Crippen LogP contribution in [0.25, 0.3) is 0 Å². The van der Waals surface area contributed by atoms with Gasteiger partial charge in [0.15, 0.2) is 11.4 Å². The van der Waals surface area contributed by atoms with Crippen LogP contribution in [-0.2, 0) is 9.09 Å². The molecule has 2 aromatic rings. The van der Waals surface area contributed by atoms with Gasteiger partial charge in [0.2, 0.25) is 0 Å². The van der Waals surface area contributed by atoms with Gasteiger partial charge >= 0.3 is 0 Å². The third kappa shape index (κ3) is 3.71. The molecule has 118 valence electrons. The van der Waals surface area contributed by atoms with Crippen LogP contribution in [0.3, 0.4) is 0 Å². The molecule has 2 atom stereocenters. The highest BCUT2D eigenvalue weighted by atomic mass is 35.5. The number of hydrogen-bond donors (Lipinski definition) is 0. The highest BCUT2D eigenvalue weighted by molar-refractivity contribution is 7.69. The van der Waals surface area contributed by atoms with Crippen LogP contribution in [0.2, 0.25) is 5.02 Å². The van der Waals surface area contributed by atoms with E-state index in [1.807, 2.05) is 6.07 Å². The van der Waals surface area contributed by atoms with Gasteiger partial charge in [0.1, 0.15) is 0 Å². The molecule has 0 bridgehead atoms. The fourth-order valence-corrected chi connectivity index (χ4v) is 4.49. The van der Waals surface area contributed by atoms with Crippen LogP contribution in [0, 0.1) is 11.3 Å². The van der Waals surface area contributed by atoms with E-state index in [9.17, 15) is 14.6 Å². The van der Waals surface area contributed by atoms with E-state index in [1.54, 1.807) is 49.4 Å². The van der Waals surface area contributed by atoms with Crippen molar-refractivity contribution in [3.05, 3.63) is 65.2 Å². The Morgan fingerprint density at radius 3 is 2.35 bits per heavy atom. The molecule has 6 heteroatoms. The Balaban J connectivity index is 2.47. The fraction of sp³-hybridized carbons (Fsp3) is 0.176. The van der Waals surface area contributed by atoms with Crippen LogP contribution in [0.4, 0.5) is 0 Å². The van der Waals surface area contributed by atoms with Crippen molar-refractivity contribution in [1.82, 2.24) is 0 Å². The van der Waals surface area contributed by atoms with Gasteiger partial charge in [0.05, 0.1) is 12.7 Å². The van der Waals surface area contributed by atoms with Crippen molar-refractivity contribution in [2.45, 2.75) is 12.6 Å². The maximum atomic E-state index is 13.3. The number of hydrogen-bond acceptors (Lipinski definition) is 4. The number of ketones is 1. The molecule has 0 heterocycles. The average Bonchev–Trinajstić information content (AvgIpc) is 2.57. The Bertz CT molecular complexity index is 769. The summed E-state index contributed by atoms with van der Waals surface area (Å²) in [5.41, 5.74) is -1.12. The lowest BCUT2D eigenvalue weighted by Crippen LogP contribution is -2.26. The standard InChI is InChI=1S/C17H15ClNO3P/c1-2-22-23(21,15-6-4-3-5-7-15)16(12-19)17(20)13-8-10-14(18)11-9-13/h3-11,16H,2H2,1H3/t16-,23-/m0/s1. The lowest BCUT2D eigenvalue weighted by atomic mass is 10.1. The number of halogens is 1. The summed E-state index contributed by atoms with van der Waals surface area (Å²) in [6.45, 7) is 1.81. The summed E-state index contributed by atoms with van der Waals surface area (Å²) in [6.07, 6.45) is 0. The molecule has 0 unspecified atom stereocenters. The normalized spacial score (nSPS) is 14.5. The Kier molecular flexibility index (Phi) is 5.74. The molecule has 0 radical (unpaired) electrons. The van der Waals surface area contributed by atoms with Gasteiger partial charge < -0.3 is 4.52 Å². The molecule has 0 saturated heterocycles. The summed E-state index contributed by atoms with van der Waals surface area (Å²) in [5, 5.41) is 10.3. The molecule has 2 aromatic carbocycles. The van der Waals surface area contributed by atoms with E-state index < -0.39 is 18.8 Å². The minimum Gasteiger partial charge on any atom is -0.324 e. The first-order valence-electron chi connectivity index (χ1n) is 7.02. The van der Waals surface area contributed by atoms with Gasteiger partial charge in [-0.05, 0) is 43.3 Å². The van der Waals surface area contributed by atoms with Crippen LogP contribution in [-0.4, -0.2) is 18.0 Å². The number of rotatable bonds is 6. The Hall–Kier alpha value is -1.92. The lowest BCUT2D eigenvalue weighted by molar-refractivity contribution is 0.0996. The molecule has 0 N–H and O–H groups in total. The minimum absolute atomic E-state index is 0.137. The maximum absolute atomic E-state index is 13.3. The van der Waals surface area contributed by atoms with Gasteiger partial charge in [0, 0.05) is 15.9 Å². The molecule has 0 aliphatic rings. The van der Waals surface area contributed by atoms with E-state index in [1.165, 1.54) is 12.1 Å². The second kappa shape index (κ2) is 7.57. The van der Waals surface area contributed by atoms with Gasteiger partial charge in [-0.3, -0.25) is 9.36 Å². The lowest BCUT2D eigenvalue weighted by Gasteiger charge is -2.22. The molecule has 0 spiro atoms. The minimum atomic E-state index is -3.66. The molecular weight excluding hydrogens is 333 g/mol. The number of nitriles is 1. The highest BCUT2D eigenvalue weighted by Gasteiger charge is 2.41. The largest absolute Gasteiger partial charge is 0.324 e. The fourth-order valence-electron chi connectivity index (χ4n) is 2.19. The SMILES string of the molecule is CCO[P@@](=O)(c1ccccc1)[C@@H](C#N)C(=O)c1ccc(Cl)cc1. The Morgan fingerprint density at radius 1 is 1.22 bits per heavy atom. The first-order valence-corrected chi connectivity index (χ1v) is 9.09. The summed E-state index contributed by atoms with van der Waals surface area (Å²) in [5.74, 6) is -0.537. The summed E-state index contributed by atoms with van der Waals surface area (Å²) in [7, 11) is -3.66. The molecule has 0 aliphatic carbocycles. The summed E-state index contributed by atoms with van der Waals surface area (Å²) >= 11 is 5.81. The molecule has 23 heavy (non-hydrogen) atoms. The van der Waals surface area contributed by atoms with Gasteiger partial charge in [-0.25, -0.2) is 0 Å². The quantitative estimate of drug-likeness (QED) is 0.584. The van der Waals surface area contributed by atoms with E-state index in [0.717, 1.165) is 0 Å². The van der Waals surface area contributed by atoms with Crippen LogP contribution >= 0.6 is 19.0 Å². The van der Waals surface area contributed by atoms with Gasteiger partial charge in [-0.1, -0.05) is 29.8 Å². The predicted molar refractivity (Wildman–Crippen MR) is 90.5 cm³/mol. The van der Waals surface area contributed by atoms with Crippen molar-refractivity contribution in [3.63, 3.8) is 0 Å². The smallest absolute Gasteiger partial charge is 0.256 e. The van der Waals surface area contributed by atoms with Gasteiger partial charge in [0.25, 0.3) is 7.37 Å². The van der Waals surface area contributed by atoms with Gasteiger partial charge in [-0.2, -0.15) is 5.26 Å². The van der Waals surface area contributed by atoms with Crippen molar-refractivity contribution in [3.8, 4) is 6.07 Å². The first kappa shape index (κ1) is 17.4. The van der Waals surface area contributed by atoms with E-state index >= 15 is 0 Å². The van der Waals surface area contributed by atoms with Crippen molar-refractivity contribution in [2.75, 3.05) is 6.61 Å². The third-order valence-corrected chi connectivity index (χ3v) is 6.22. The van der Waals surface area contributed by atoms with E-state index in [0.29, 0.717) is 10.3 Å². The third-order valence-electron chi connectivity index (χ3n) is 3.28. The molecular formula is C17H15ClNO3P. The molecule has 0 aromatic heterocycles. The second-order valence-electron chi connectivity index (χ2n) is 4.75. The van der Waals surface area contributed by atoms with Crippen molar-refractivity contribution in [2.24, 2.45) is 0 Å². The molecule has 4 nitrogen and oxygen atoms in total. The average molecular weight is 348 g/mol. The monoisotopic (exact) mass is 347 g/mol. The highest BCUT2D eigenvalue weighted by Crippen LogP contribution is 2.51. The molecule has 0 fully saturated rings. The first-order chi connectivity index (χ1) is 11.0. The van der Waals surface area contributed by atoms with E-state index in [-0.39, 0.29) is 12.2 Å². The number of carbonyl (C=O) groups excluding carboxylic acids is 1. The van der Waals surface area contributed by atoms with Gasteiger partial charge in [-0.15, -0.1) is 0 Å². The van der Waals surface area contributed by atoms with E-state index in [2.05, 4.69) is 0 Å². The zero-order valence-electron chi connectivity index (χ0n) is 12.5. The number of benzene rings is 2. The summed E-state index contributed by atoms with van der Waals surface area (Å²) < 4.78 is 18.8. The topological polar surface area (TPSA) is 67.2 Å². The Labute approximate surface area is 140 Å². The van der Waals surface area contributed by atoms with E-state index in [4.69, 9.17) is 16.1 Å². The molecule has 0 aliphatic heterocycles. The van der Waals surface area contributed by atoms with Crippen LogP contribution in [0.5, 0.6) is 0 Å². The summed E-state index contributed by atoms with van der Waals surface area (Å²) in [4.78, 5) is 12.7. The van der Waals surface area contributed by atoms with Crippen molar-refractivity contribution in [1.29, 1.82) is 5.26 Å². The van der Waals surface area contributed by atoms with Crippen molar-refractivity contribution >= 4 is 30.1 Å². The van der Waals surface area contributed by atoms with Crippen LogP contribution in [0.1, 0.15) is 17.3 Å². The maximum Gasteiger partial charge on any atom is 0.256 e. The number of Topliss-reactive ketones (excluding diaryl/α,β-unsaturated/α-hetero) is 1.